The summed E-state index contributed by atoms with van der Waals surface area (Å²) < 4.78 is 31.4. The molecule has 0 saturated carbocycles. The highest BCUT2D eigenvalue weighted by molar-refractivity contribution is 7.89. The number of fused-ring (bicyclic) bond motifs is 1. The van der Waals surface area contributed by atoms with Crippen molar-refractivity contribution in [3.05, 3.63) is 42.5 Å². The lowest BCUT2D eigenvalue weighted by Gasteiger charge is -2.32. The Morgan fingerprint density at radius 2 is 2.00 bits per heavy atom. The number of nitrogens with zero attached hydrogens (tertiary/aromatic N) is 5. The monoisotopic (exact) mass is 387 g/mol. The summed E-state index contributed by atoms with van der Waals surface area (Å²) in [4.78, 5) is 5.13. The number of rotatable bonds is 4. The van der Waals surface area contributed by atoms with E-state index in [1.54, 1.807) is 17.5 Å². The molecule has 1 atom stereocenters. The maximum atomic E-state index is 13.0. The Labute approximate surface area is 159 Å². The second-order valence-corrected chi connectivity index (χ2v) is 9.41. The van der Waals surface area contributed by atoms with Gasteiger partial charge in [0, 0.05) is 38.3 Å². The van der Waals surface area contributed by atoms with Gasteiger partial charge in [0.2, 0.25) is 10.0 Å². The Balaban J connectivity index is 1.70. The molecule has 3 heterocycles. The number of para-hydroxylation sites is 2. The van der Waals surface area contributed by atoms with Gasteiger partial charge in [-0.3, -0.25) is 4.68 Å². The van der Waals surface area contributed by atoms with Gasteiger partial charge in [-0.25, -0.2) is 13.4 Å². The van der Waals surface area contributed by atoms with Crippen LogP contribution < -0.4 is 0 Å². The molecule has 1 saturated heterocycles. The van der Waals surface area contributed by atoms with Crippen LogP contribution in [0.4, 0.5) is 0 Å². The van der Waals surface area contributed by atoms with Gasteiger partial charge >= 0.3 is 0 Å². The minimum atomic E-state index is -3.53. The standard InChI is InChI=1S/C19H25N5O2S/c1-14(2)24-18-9-5-4-8-17(18)21-19(24)15-7-6-10-23(12-15)27(25,26)16-11-20-22(3)13-16/h4-5,8-9,11,13-15H,6-7,10,12H2,1-3H3/t15-/m1/s1. The first-order chi connectivity index (χ1) is 12.9. The van der Waals surface area contributed by atoms with Crippen molar-refractivity contribution >= 4 is 21.1 Å². The van der Waals surface area contributed by atoms with Gasteiger partial charge in [-0.05, 0) is 38.8 Å². The van der Waals surface area contributed by atoms with E-state index in [1.165, 1.54) is 10.9 Å². The Hall–Kier alpha value is -2.19. The van der Waals surface area contributed by atoms with E-state index in [0.29, 0.717) is 13.1 Å². The van der Waals surface area contributed by atoms with Gasteiger partial charge < -0.3 is 4.57 Å². The topological polar surface area (TPSA) is 73.0 Å². The molecule has 27 heavy (non-hydrogen) atoms. The third-order valence-corrected chi connectivity index (χ3v) is 7.03. The molecule has 0 unspecified atom stereocenters. The first-order valence-corrected chi connectivity index (χ1v) is 10.8. The van der Waals surface area contributed by atoms with Crippen molar-refractivity contribution in [1.82, 2.24) is 23.6 Å². The SMILES string of the molecule is CC(C)n1c([C@@H]2CCCN(S(=O)(=O)c3cnn(C)c3)C2)nc2ccccc21. The van der Waals surface area contributed by atoms with Crippen molar-refractivity contribution in [1.29, 1.82) is 0 Å². The van der Waals surface area contributed by atoms with Gasteiger partial charge in [-0.15, -0.1) is 0 Å². The molecular formula is C19H25N5O2S. The fraction of sp³-hybridized carbons (Fsp3) is 0.474. The molecule has 144 valence electrons. The van der Waals surface area contributed by atoms with Crippen molar-refractivity contribution < 1.29 is 8.42 Å². The molecule has 7 nitrogen and oxygen atoms in total. The van der Waals surface area contributed by atoms with Crippen molar-refractivity contribution in [3.8, 4) is 0 Å². The summed E-state index contributed by atoms with van der Waals surface area (Å²) in [6.07, 6.45) is 4.74. The molecule has 1 fully saturated rings. The zero-order chi connectivity index (χ0) is 19.2. The number of imidazole rings is 1. The zero-order valence-corrected chi connectivity index (χ0v) is 16.7. The van der Waals surface area contributed by atoms with Crippen molar-refractivity contribution in [2.75, 3.05) is 13.1 Å². The number of hydrogen-bond acceptors (Lipinski definition) is 4. The van der Waals surface area contributed by atoms with Gasteiger partial charge in [0.25, 0.3) is 0 Å². The molecule has 4 rings (SSSR count). The number of sulfonamides is 1. The van der Waals surface area contributed by atoms with E-state index in [9.17, 15) is 8.42 Å². The molecule has 3 aromatic rings. The van der Waals surface area contributed by atoms with Crippen LogP contribution in [0.15, 0.2) is 41.6 Å². The lowest BCUT2D eigenvalue weighted by atomic mass is 9.98. The van der Waals surface area contributed by atoms with Crippen LogP contribution in [0.5, 0.6) is 0 Å². The first-order valence-electron chi connectivity index (χ1n) is 9.33. The third-order valence-electron chi connectivity index (χ3n) is 5.21. The largest absolute Gasteiger partial charge is 0.325 e. The van der Waals surface area contributed by atoms with Crippen LogP contribution in [-0.2, 0) is 17.1 Å². The summed E-state index contributed by atoms with van der Waals surface area (Å²) in [6.45, 7) is 5.28. The molecule has 0 radical (unpaired) electrons. The highest BCUT2D eigenvalue weighted by Gasteiger charge is 2.34. The Bertz CT molecular complexity index is 1070. The van der Waals surface area contributed by atoms with Gasteiger partial charge in [0.1, 0.15) is 10.7 Å². The smallest absolute Gasteiger partial charge is 0.246 e. The number of aromatic nitrogens is 4. The fourth-order valence-electron chi connectivity index (χ4n) is 3.95. The summed E-state index contributed by atoms with van der Waals surface area (Å²) in [6, 6.07) is 8.37. The summed E-state index contributed by atoms with van der Waals surface area (Å²) in [5.74, 6) is 1.07. The minimum Gasteiger partial charge on any atom is -0.325 e. The molecule has 1 aromatic carbocycles. The third kappa shape index (κ3) is 3.17. The predicted octanol–water partition coefficient (Wildman–Crippen LogP) is 2.92. The number of hydrogen-bond donors (Lipinski definition) is 0. The molecule has 0 aliphatic carbocycles. The van der Waals surface area contributed by atoms with Crippen LogP contribution in [0.2, 0.25) is 0 Å². The van der Waals surface area contributed by atoms with Gasteiger partial charge in [0.15, 0.2) is 0 Å². The Morgan fingerprint density at radius 1 is 1.22 bits per heavy atom. The highest BCUT2D eigenvalue weighted by atomic mass is 32.2. The molecule has 0 amide bonds. The zero-order valence-electron chi connectivity index (χ0n) is 15.9. The molecule has 0 bridgehead atoms. The Morgan fingerprint density at radius 3 is 2.70 bits per heavy atom. The summed E-state index contributed by atoms with van der Waals surface area (Å²) >= 11 is 0. The molecule has 2 aromatic heterocycles. The average molecular weight is 388 g/mol. The number of aryl methyl sites for hydroxylation is 1. The summed E-state index contributed by atoms with van der Waals surface area (Å²) in [5, 5.41) is 4.02. The summed E-state index contributed by atoms with van der Waals surface area (Å²) in [7, 11) is -1.81. The highest BCUT2D eigenvalue weighted by Crippen LogP contribution is 2.33. The molecule has 0 spiro atoms. The van der Waals surface area contributed by atoms with E-state index >= 15 is 0 Å². The second-order valence-electron chi connectivity index (χ2n) is 7.47. The van der Waals surface area contributed by atoms with Crippen LogP contribution in [0.1, 0.15) is 44.5 Å². The molecule has 1 aliphatic rings. The van der Waals surface area contributed by atoms with Crippen molar-refractivity contribution in [3.63, 3.8) is 0 Å². The molecule has 1 aliphatic heterocycles. The van der Waals surface area contributed by atoms with E-state index < -0.39 is 10.0 Å². The number of piperidine rings is 1. The first kappa shape index (κ1) is 18.2. The van der Waals surface area contributed by atoms with E-state index in [0.717, 1.165) is 29.7 Å². The average Bonchev–Trinajstić information content (AvgIpc) is 3.26. The van der Waals surface area contributed by atoms with Crippen LogP contribution in [-0.4, -0.2) is 45.1 Å². The molecule has 8 heteroatoms. The van der Waals surface area contributed by atoms with Crippen LogP contribution in [0, 0.1) is 0 Å². The lowest BCUT2D eigenvalue weighted by Crippen LogP contribution is -2.39. The normalized spacial score (nSPS) is 19.2. The van der Waals surface area contributed by atoms with Gasteiger partial charge in [-0.1, -0.05) is 12.1 Å². The fourth-order valence-corrected chi connectivity index (χ4v) is 5.46. The van der Waals surface area contributed by atoms with E-state index in [1.807, 2.05) is 18.2 Å². The van der Waals surface area contributed by atoms with Crippen LogP contribution in [0.25, 0.3) is 11.0 Å². The molecular weight excluding hydrogens is 362 g/mol. The van der Waals surface area contributed by atoms with Gasteiger partial charge in [0.05, 0.1) is 17.2 Å². The second kappa shape index (κ2) is 6.76. The summed E-state index contributed by atoms with van der Waals surface area (Å²) in [5.41, 5.74) is 2.07. The quantitative estimate of drug-likeness (QED) is 0.690. The predicted molar refractivity (Wildman–Crippen MR) is 104 cm³/mol. The van der Waals surface area contributed by atoms with E-state index in [4.69, 9.17) is 4.98 Å². The van der Waals surface area contributed by atoms with Crippen LogP contribution >= 0.6 is 0 Å². The van der Waals surface area contributed by atoms with Crippen molar-refractivity contribution in [2.24, 2.45) is 7.05 Å². The maximum Gasteiger partial charge on any atom is 0.246 e. The Kier molecular flexibility index (Phi) is 4.55. The van der Waals surface area contributed by atoms with E-state index in [-0.39, 0.29) is 16.9 Å². The maximum absolute atomic E-state index is 13.0. The van der Waals surface area contributed by atoms with Crippen molar-refractivity contribution in [2.45, 2.75) is 43.5 Å². The van der Waals surface area contributed by atoms with E-state index in [2.05, 4.69) is 29.6 Å². The van der Waals surface area contributed by atoms with Crippen LogP contribution in [0.3, 0.4) is 0 Å². The van der Waals surface area contributed by atoms with Gasteiger partial charge in [-0.2, -0.15) is 9.40 Å². The number of benzene rings is 1. The lowest BCUT2D eigenvalue weighted by molar-refractivity contribution is 0.303. The molecule has 0 N–H and O–H groups in total. The minimum absolute atomic E-state index is 0.0833.